The second-order valence-electron chi connectivity index (χ2n) is 7.02. The Hall–Kier alpha value is -3.03. The zero-order chi connectivity index (χ0) is 21.7. The van der Waals surface area contributed by atoms with E-state index in [1.54, 1.807) is 23.1 Å². The first-order valence-electron chi connectivity index (χ1n) is 9.80. The smallest absolute Gasteiger partial charge is 0.387 e. The summed E-state index contributed by atoms with van der Waals surface area (Å²) in [6.45, 7) is -0.208. The topological polar surface area (TPSA) is 49.9 Å². The van der Waals surface area contributed by atoms with Crippen LogP contribution in [0, 0.1) is 11.7 Å². The number of amides is 2. The molecule has 1 saturated heterocycles. The van der Waals surface area contributed by atoms with Gasteiger partial charge in [-0.25, -0.2) is 4.39 Å². The number of nitrogens with zero attached hydrogens (tertiary/aromatic N) is 2. The van der Waals surface area contributed by atoms with Gasteiger partial charge in [-0.3, -0.25) is 9.59 Å². The van der Waals surface area contributed by atoms with E-state index in [4.69, 9.17) is 0 Å². The van der Waals surface area contributed by atoms with Crippen LogP contribution in [-0.2, 0) is 4.79 Å². The van der Waals surface area contributed by atoms with E-state index in [0.717, 1.165) is 0 Å². The Morgan fingerprint density at radius 3 is 2.53 bits per heavy atom. The van der Waals surface area contributed by atoms with Crippen molar-refractivity contribution in [1.82, 2.24) is 4.90 Å². The highest BCUT2D eigenvalue weighted by atomic mass is 19.3. The fourth-order valence-electron chi connectivity index (χ4n) is 3.68. The lowest BCUT2D eigenvalue weighted by atomic mass is 9.95. The van der Waals surface area contributed by atoms with Crippen molar-refractivity contribution in [3.8, 4) is 5.75 Å². The van der Waals surface area contributed by atoms with E-state index in [9.17, 15) is 22.8 Å². The van der Waals surface area contributed by atoms with Gasteiger partial charge < -0.3 is 14.5 Å². The molecule has 1 aliphatic heterocycles. The number of benzene rings is 2. The van der Waals surface area contributed by atoms with Gasteiger partial charge in [-0.05, 0) is 56.2 Å². The maximum atomic E-state index is 13.2. The standard InChI is InChI=1S/C22H23F3N2O3/c1-2-27(17-11-9-16(23)10-12-17)20(28)15-6-5-13-26(14-15)21(29)18-7-3-4-8-19(18)30-22(24)25/h3-4,7-12,15,22H,2,5-6,13-14H2,1H3. The quantitative estimate of drug-likeness (QED) is 0.699. The summed E-state index contributed by atoms with van der Waals surface area (Å²) in [5, 5.41) is 0. The van der Waals surface area contributed by atoms with E-state index in [0.29, 0.717) is 31.6 Å². The Morgan fingerprint density at radius 2 is 1.87 bits per heavy atom. The molecule has 2 aromatic rings. The van der Waals surface area contributed by atoms with E-state index in [2.05, 4.69) is 4.74 Å². The summed E-state index contributed by atoms with van der Waals surface area (Å²) in [6, 6.07) is 11.5. The average molecular weight is 420 g/mol. The predicted octanol–water partition coefficient (Wildman–Crippen LogP) is 4.33. The molecule has 0 aromatic heterocycles. The van der Waals surface area contributed by atoms with E-state index in [-0.39, 0.29) is 29.6 Å². The Bertz CT molecular complexity index is 889. The van der Waals surface area contributed by atoms with Gasteiger partial charge in [0.05, 0.1) is 11.5 Å². The summed E-state index contributed by atoms with van der Waals surface area (Å²) >= 11 is 0. The number of piperidine rings is 1. The lowest BCUT2D eigenvalue weighted by Gasteiger charge is -2.35. The molecule has 0 aliphatic carbocycles. The van der Waals surface area contributed by atoms with Crippen LogP contribution in [0.25, 0.3) is 0 Å². The van der Waals surface area contributed by atoms with E-state index < -0.39 is 18.4 Å². The van der Waals surface area contributed by atoms with Crippen LogP contribution in [0.3, 0.4) is 0 Å². The summed E-state index contributed by atoms with van der Waals surface area (Å²) in [4.78, 5) is 29.1. The first-order chi connectivity index (χ1) is 14.4. The average Bonchev–Trinajstić information content (AvgIpc) is 2.75. The maximum Gasteiger partial charge on any atom is 0.387 e. The highest BCUT2D eigenvalue weighted by molar-refractivity contribution is 5.98. The number of para-hydroxylation sites is 1. The molecule has 160 valence electrons. The normalized spacial score (nSPS) is 16.4. The van der Waals surface area contributed by atoms with Crippen molar-refractivity contribution in [1.29, 1.82) is 0 Å². The molecule has 1 heterocycles. The van der Waals surface area contributed by atoms with E-state index in [1.165, 1.54) is 35.2 Å². The van der Waals surface area contributed by atoms with Crippen LogP contribution in [0.4, 0.5) is 18.9 Å². The number of carbonyl (C=O) groups excluding carboxylic acids is 2. The van der Waals surface area contributed by atoms with Gasteiger partial charge in [-0.2, -0.15) is 8.78 Å². The second-order valence-corrected chi connectivity index (χ2v) is 7.02. The summed E-state index contributed by atoms with van der Waals surface area (Å²) < 4.78 is 43.0. The van der Waals surface area contributed by atoms with Gasteiger partial charge in [-0.15, -0.1) is 0 Å². The fourth-order valence-corrected chi connectivity index (χ4v) is 3.68. The third kappa shape index (κ3) is 4.93. The molecule has 3 rings (SSSR count). The zero-order valence-corrected chi connectivity index (χ0v) is 16.6. The third-order valence-electron chi connectivity index (χ3n) is 5.11. The number of likely N-dealkylation sites (tertiary alicyclic amines) is 1. The zero-order valence-electron chi connectivity index (χ0n) is 16.6. The molecule has 0 N–H and O–H groups in total. The highest BCUT2D eigenvalue weighted by Gasteiger charge is 2.32. The molecule has 2 amide bonds. The SMILES string of the molecule is CCN(C(=O)C1CCCN(C(=O)c2ccccc2OC(F)F)C1)c1ccc(F)cc1. The number of anilines is 1. The maximum absolute atomic E-state index is 13.2. The van der Waals surface area contributed by atoms with Crippen molar-refractivity contribution in [3.05, 3.63) is 59.9 Å². The largest absolute Gasteiger partial charge is 0.434 e. The van der Waals surface area contributed by atoms with Gasteiger partial charge in [0.1, 0.15) is 11.6 Å². The minimum atomic E-state index is -3.04. The Morgan fingerprint density at radius 1 is 1.17 bits per heavy atom. The van der Waals surface area contributed by atoms with Crippen LogP contribution in [0.5, 0.6) is 5.75 Å². The molecule has 0 radical (unpaired) electrons. The number of ether oxygens (including phenoxy) is 1. The molecule has 5 nitrogen and oxygen atoms in total. The van der Waals surface area contributed by atoms with E-state index >= 15 is 0 Å². The van der Waals surface area contributed by atoms with Crippen molar-refractivity contribution in [3.63, 3.8) is 0 Å². The van der Waals surface area contributed by atoms with Crippen LogP contribution < -0.4 is 9.64 Å². The minimum Gasteiger partial charge on any atom is -0.434 e. The van der Waals surface area contributed by atoms with Crippen LogP contribution in [0.15, 0.2) is 48.5 Å². The van der Waals surface area contributed by atoms with Crippen molar-refractivity contribution in [2.45, 2.75) is 26.4 Å². The van der Waals surface area contributed by atoms with Crippen molar-refractivity contribution < 1.29 is 27.5 Å². The van der Waals surface area contributed by atoms with Crippen LogP contribution in [-0.4, -0.2) is 43.0 Å². The predicted molar refractivity (Wildman–Crippen MR) is 106 cm³/mol. The molecule has 1 fully saturated rings. The first kappa shape index (κ1) is 21.7. The Kier molecular flexibility index (Phi) is 6.97. The number of hydrogen-bond donors (Lipinski definition) is 0. The Balaban J connectivity index is 1.75. The van der Waals surface area contributed by atoms with Crippen LogP contribution in [0.1, 0.15) is 30.1 Å². The number of halogens is 3. The third-order valence-corrected chi connectivity index (χ3v) is 5.11. The Labute approximate surface area is 173 Å². The lowest BCUT2D eigenvalue weighted by Crippen LogP contribution is -2.47. The summed E-state index contributed by atoms with van der Waals surface area (Å²) in [5.74, 6) is -1.61. The molecule has 0 bridgehead atoms. The van der Waals surface area contributed by atoms with Crippen LogP contribution in [0.2, 0.25) is 0 Å². The molecule has 2 aromatic carbocycles. The van der Waals surface area contributed by atoms with Crippen molar-refractivity contribution >= 4 is 17.5 Å². The van der Waals surface area contributed by atoms with Gasteiger partial charge in [0.25, 0.3) is 5.91 Å². The molecular formula is C22H23F3N2O3. The van der Waals surface area contributed by atoms with Crippen molar-refractivity contribution in [2.24, 2.45) is 5.92 Å². The molecule has 30 heavy (non-hydrogen) atoms. The molecule has 0 saturated carbocycles. The number of carbonyl (C=O) groups is 2. The lowest BCUT2D eigenvalue weighted by molar-refractivity contribution is -0.123. The van der Waals surface area contributed by atoms with Gasteiger partial charge in [0, 0.05) is 25.3 Å². The molecule has 1 aliphatic rings. The fraction of sp³-hybridized carbons (Fsp3) is 0.364. The number of rotatable bonds is 6. The number of hydrogen-bond acceptors (Lipinski definition) is 3. The molecule has 1 atom stereocenters. The van der Waals surface area contributed by atoms with Gasteiger partial charge in [0.2, 0.25) is 5.91 Å². The minimum absolute atomic E-state index is 0.0387. The van der Waals surface area contributed by atoms with Crippen LogP contribution >= 0.6 is 0 Å². The molecule has 8 heteroatoms. The highest BCUT2D eigenvalue weighted by Crippen LogP contribution is 2.27. The van der Waals surface area contributed by atoms with E-state index in [1.807, 2.05) is 6.92 Å². The molecule has 0 spiro atoms. The number of alkyl halides is 2. The van der Waals surface area contributed by atoms with Crippen molar-refractivity contribution in [2.75, 3.05) is 24.5 Å². The van der Waals surface area contributed by atoms with Gasteiger partial charge in [0.15, 0.2) is 0 Å². The van der Waals surface area contributed by atoms with Gasteiger partial charge in [-0.1, -0.05) is 12.1 Å². The second kappa shape index (κ2) is 9.65. The van der Waals surface area contributed by atoms with Gasteiger partial charge >= 0.3 is 6.61 Å². The summed E-state index contributed by atoms with van der Waals surface area (Å²) in [5.41, 5.74) is 0.625. The monoisotopic (exact) mass is 420 g/mol. The first-order valence-corrected chi connectivity index (χ1v) is 9.80. The molecular weight excluding hydrogens is 397 g/mol. The summed E-state index contributed by atoms with van der Waals surface area (Å²) in [7, 11) is 0. The summed E-state index contributed by atoms with van der Waals surface area (Å²) in [6.07, 6.45) is 1.22. The molecule has 1 unspecified atom stereocenters.